The first-order chi connectivity index (χ1) is 9.38. The van der Waals surface area contributed by atoms with E-state index >= 15 is 0 Å². The van der Waals surface area contributed by atoms with Crippen molar-refractivity contribution in [2.24, 2.45) is 0 Å². The van der Waals surface area contributed by atoms with Crippen LogP contribution in [-0.4, -0.2) is 30.9 Å². The maximum Gasteiger partial charge on any atom is 0.242 e. The maximum absolute atomic E-state index is 12.0. The van der Waals surface area contributed by atoms with Crippen molar-refractivity contribution in [1.82, 2.24) is 30.3 Å². The van der Waals surface area contributed by atoms with E-state index in [1.54, 1.807) is 4.68 Å². The number of rotatable bonds is 4. The standard InChI is InChI=1S/C12H17ClN6O/c1-6-11(13)8(3)19(18-6)5-10(20)14-7(2)12-15-9(4)16-17-12/h7H,5H2,1-4H3,(H,14,20)(H,15,16,17). The van der Waals surface area contributed by atoms with Gasteiger partial charge >= 0.3 is 0 Å². The molecule has 2 rings (SSSR count). The second kappa shape index (κ2) is 5.62. The zero-order valence-electron chi connectivity index (χ0n) is 11.9. The molecule has 0 aliphatic carbocycles. The lowest BCUT2D eigenvalue weighted by molar-refractivity contribution is -0.122. The second-order valence-electron chi connectivity index (χ2n) is 4.71. The normalized spacial score (nSPS) is 12.4. The molecule has 0 aromatic carbocycles. The van der Waals surface area contributed by atoms with Gasteiger partial charge in [0.2, 0.25) is 5.91 Å². The Labute approximate surface area is 121 Å². The lowest BCUT2D eigenvalue weighted by atomic mass is 10.3. The Balaban J connectivity index is 2.00. The second-order valence-corrected chi connectivity index (χ2v) is 5.09. The highest BCUT2D eigenvalue weighted by molar-refractivity contribution is 6.31. The molecule has 1 amide bonds. The van der Waals surface area contributed by atoms with E-state index in [-0.39, 0.29) is 18.5 Å². The van der Waals surface area contributed by atoms with Gasteiger partial charge in [-0.3, -0.25) is 14.6 Å². The molecular formula is C12H17ClN6O. The quantitative estimate of drug-likeness (QED) is 0.894. The first-order valence-corrected chi connectivity index (χ1v) is 6.64. The van der Waals surface area contributed by atoms with Crippen LogP contribution in [0.5, 0.6) is 0 Å². The van der Waals surface area contributed by atoms with E-state index in [4.69, 9.17) is 11.6 Å². The third kappa shape index (κ3) is 2.98. The van der Waals surface area contributed by atoms with Crippen molar-refractivity contribution in [1.29, 1.82) is 0 Å². The lowest BCUT2D eigenvalue weighted by Gasteiger charge is -2.11. The van der Waals surface area contributed by atoms with Crippen LogP contribution in [-0.2, 0) is 11.3 Å². The molecule has 0 saturated heterocycles. The number of halogens is 1. The first-order valence-electron chi connectivity index (χ1n) is 6.26. The molecule has 2 N–H and O–H groups in total. The van der Waals surface area contributed by atoms with E-state index in [1.807, 2.05) is 27.7 Å². The molecule has 20 heavy (non-hydrogen) atoms. The van der Waals surface area contributed by atoms with E-state index in [0.29, 0.717) is 16.7 Å². The molecular weight excluding hydrogens is 280 g/mol. The van der Waals surface area contributed by atoms with Crippen LogP contribution in [0.4, 0.5) is 0 Å². The number of nitrogens with zero attached hydrogens (tertiary/aromatic N) is 4. The number of hydrogen-bond donors (Lipinski definition) is 2. The Morgan fingerprint density at radius 2 is 2.15 bits per heavy atom. The predicted molar refractivity (Wildman–Crippen MR) is 74.4 cm³/mol. The van der Waals surface area contributed by atoms with Crippen LogP contribution in [0.1, 0.15) is 36.0 Å². The molecule has 2 aromatic heterocycles. The minimum atomic E-state index is -0.264. The molecule has 0 spiro atoms. The third-order valence-corrected chi connectivity index (χ3v) is 3.51. The van der Waals surface area contributed by atoms with Gasteiger partial charge in [0.15, 0.2) is 5.82 Å². The van der Waals surface area contributed by atoms with Crippen molar-refractivity contribution in [3.63, 3.8) is 0 Å². The number of nitrogens with one attached hydrogen (secondary N) is 2. The van der Waals surface area contributed by atoms with E-state index in [9.17, 15) is 4.79 Å². The highest BCUT2D eigenvalue weighted by Crippen LogP contribution is 2.18. The Bertz CT molecular complexity index is 632. The summed E-state index contributed by atoms with van der Waals surface area (Å²) in [6.07, 6.45) is 0. The molecule has 8 heteroatoms. The molecule has 0 bridgehead atoms. The van der Waals surface area contributed by atoms with Gasteiger partial charge < -0.3 is 5.32 Å². The molecule has 0 aliphatic rings. The molecule has 7 nitrogen and oxygen atoms in total. The molecule has 1 unspecified atom stereocenters. The highest BCUT2D eigenvalue weighted by Gasteiger charge is 2.16. The van der Waals surface area contributed by atoms with E-state index in [1.165, 1.54) is 0 Å². The lowest BCUT2D eigenvalue weighted by Crippen LogP contribution is -2.31. The van der Waals surface area contributed by atoms with Crippen LogP contribution in [0.3, 0.4) is 0 Å². The van der Waals surface area contributed by atoms with Gasteiger partial charge in [-0.2, -0.15) is 10.2 Å². The molecule has 2 heterocycles. The van der Waals surface area contributed by atoms with E-state index in [0.717, 1.165) is 11.4 Å². The van der Waals surface area contributed by atoms with Gasteiger partial charge in [-0.15, -0.1) is 0 Å². The summed E-state index contributed by atoms with van der Waals surface area (Å²) in [5.41, 5.74) is 1.50. The summed E-state index contributed by atoms with van der Waals surface area (Å²) < 4.78 is 1.59. The number of hydrogen-bond acceptors (Lipinski definition) is 4. The molecule has 1 atom stereocenters. The van der Waals surface area contributed by atoms with Gasteiger partial charge in [-0.25, -0.2) is 4.98 Å². The van der Waals surface area contributed by atoms with Crippen molar-refractivity contribution in [3.05, 3.63) is 28.1 Å². The van der Waals surface area contributed by atoms with Gasteiger partial charge in [0.05, 0.1) is 22.5 Å². The van der Waals surface area contributed by atoms with Gasteiger partial charge in [-0.1, -0.05) is 11.6 Å². The summed E-state index contributed by atoms with van der Waals surface area (Å²) in [7, 11) is 0. The number of H-pyrrole nitrogens is 1. The number of carbonyl (C=O) groups is 1. The predicted octanol–water partition coefficient (Wildman–Crippen LogP) is 1.46. The van der Waals surface area contributed by atoms with Gasteiger partial charge in [-0.05, 0) is 27.7 Å². The fraction of sp³-hybridized carbons (Fsp3) is 0.500. The van der Waals surface area contributed by atoms with E-state index < -0.39 is 0 Å². The van der Waals surface area contributed by atoms with Crippen LogP contribution in [0.15, 0.2) is 0 Å². The summed E-state index contributed by atoms with van der Waals surface area (Å²) in [5.74, 6) is 1.11. The van der Waals surface area contributed by atoms with Crippen molar-refractivity contribution < 1.29 is 4.79 Å². The topological polar surface area (TPSA) is 88.5 Å². The Morgan fingerprint density at radius 3 is 2.65 bits per heavy atom. The molecule has 2 aromatic rings. The summed E-state index contributed by atoms with van der Waals surface area (Å²) in [6.45, 7) is 7.39. The average Bonchev–Trinajstić information content (AvgIpc) is 2.90. The van der Waals surface area contributed by atoms with Crippen LogP contribution in [0.25, 0.3) is 0 Å². The summed E-state index contributed by atoms with van der Waals surface area (Å²) in [6, 6.07) is -0.264. The minimum Gasteiger partial charge on any atom is -0.345 e. The summed E-state index contributed by atoms with van der Waals surface area (Å²) >= 11 is 6.05. The van der Waals surface area contributed by atoms with Crippen LogP contribution >= 0.6 is 11.6 Å². The Kier molecular flexibility index (Phi) is 4.08. The summed E-state index contributed by atoms with van der Waals surface area (Å²) in [4.78, 5) is 16.2. The molecule has 0 fully saturated rings. The van der Waals surface area contributed by atoms with Crippen molar-refractivity contribution >= 4 is 17.5 Å². The smallest absolute Gasteiger partial charge is 0.242 e. The van der Waals surface area contributed by atoms with Crippen LogP contribution < -0.4 is 5.32 Å². The fourth-order valence-corrected chi connectivity index (χ4v) is 2.01. The van der Waals surface area contributed by atoms with Crippen molar-refractivity contribution in [2.45, 2.75) is 40.3 Å². The number of amides is 1. The Morgan fingerprint density at radius 1 is 1.45 bits per heavy atom. The molecule has 0 aliphatic heterocycles. The number of aryl methyl sites for hydroxylation is 2. The largest absolute Gasteiger partial charge is 0.345 e. The van der Waals surface area contributed by atoms with Crippen molar-refractivity contribution in [3.8, 4) is 0 Å². The zero-order chi connectivity index (χ0) is 14.9. The Hall–Kier alpha value is -1.89. The molecule has 0 radical (unpaired) electrons. The minimum absolute atomic E-state index is 0.118. The highest BCUT2D eigenvalue weighted by atomic mass is 35.5. The number of aromatic amines is 1. The maximum atomic E-state index is 12.0. The number of carbonyl (C=O) groups excluding carboxylic acids is 1. The average molecular weight is 297 g/mol. The van der Waals surface area contributed by atoms with Gasteiger partial charge in [0.25, 0.3) is 0 Å². The SMILES string of the molecule is Cc1nc(C(C)NC(=O)Cn2nc(C)c(Cl)c2C)n[nH]1. The number of aromatic nitrogens is 5. The summed E-state index contributed by atoms with van der Waals surface area (Å²) in [5, 5.41) is 14.4. The van der Waals surface area contributed by atoms with Gasteiger partial charge in [0, 0.05) is 0 Å². The van der Waals surface area contributed by atoms with Gasteiger partial charge in [0.1, 0.15) is 12.4 Å². The molecule has 108 valence electrons. The monoisotopic (exact) mass is 296 g/mol. The fourth-order valence-electron chi connectivity index (χ4n) is 1.87. The van der Waals surface area contributed by atoms with Crippen molar-refractivity contribution in [2.75, 3.05) is 0 Å². The first kappa shape index (κ1) is 14.5. The van der Waals surface area contributed by atoms with Crippen LogP contribution in [0.2, 0.25) is 5.02 Å². The van der Waals surface area contributed by atoms with E-state index in [2.05, 4.69) is 25.6 Å². The third-order valence-electron chi connectivity index (χ3n) is 2.97. The van der Waals surface area contributed by atoms with Crippen LogP contribution in [0, 0.1) is 20.8 Å². The molecule has 0 saturated carbocycles. The zero-order valence-corrected chi connectivity index (χ0v) is 12.6.